The number of aliphatic hydroxyl groups is 1. The number of phosphoric ester groups is 2. The zero-order valence-corrected chi connectivity index (χ0v) is 52.3. The van der Waals surface area contributed by atoms with E-state index in [0.29, 0.717) is 25.7 Å². The maximum absolute atomic E-state index is 12.9. The third kappa shape index (κ3) is 55.0. The fraction of sp³-hybridized carbons (Fsp3) is 0.933. The van der Waals surface area contributed by atoms with Crippen LogP contribution in [0.15, 0.2) is 0 Å². The molecule has 0 fully saturated rings. The number of hydrogen-bond acceptors (Lipinski definition) is 15. The molecule has 0 heterocycles. The molecule has 0 spiro atoms. The van der Waals surface area contributed by atoms with Crippen LogP contribution in [0.4, 0.5) is 0 Å². The molecule has 0 amide bonds. The number of aliphatic hydroxyl groups excluding tert-OH is 1. The number of esters is 4. The molecule has 0 saturated heterocycles. The second-order valence-corrected chi connectivity index (χ2v) is 25.1. The van der Waals surface area contributed by atoms with E-state index in [9.17, 15) is 43.2 Å². The van der Waals surface area contributed by atoms with Gasteiger partial charge >= 0.3 is 39.5 Å². The van der Waals surface area contributed by atoms with Gasteiger partial charge in [0.25, 0.3) is 0 Å². The Morgan fingerprint density at radius 3 is 0.861 bits per heavy atom. The van der Waals surface area contributed by atoms with Crippen LogP contribution in [0.5, 0.6) is 0 Å². The van der Waals surface area contributed by atoms with Crippen molar-refractivity contribution < 1.29 is 80.2 Å². The van der Waals surface area contributed by atoms with Gasteiger partial charge in [-0.15, -0.1) is 0 Å². The molecule has 0 rings (SSSR count). The number of carbonyl (C=O) groups excluding carboxylic acids is 4. The molecule has 79 heavy (non-hydrogen) atoms. The summed E-state index contributed by atoms with van der Waals surface area (Å²) in [5, 5.41) is 10.5. The second-order valence-electron chi connectivity index (χ2n) is 22.2. The van der Waals surface area contributed by atoms with Crippen LogP contribution in [0.1, 0.15) is 298 Å². The Balaban J connectivity index is 5.15. The highest BCUT2D eigenvalue weighted by Gasteiger charge is 2.30. The van der Waals surface area contributed by atoms with Crippen LogP contribution in [0.2, 0.25) is 0 Å². The van der Waals surface area contributed by atoms with Gasteiger partial charge in [0, 0.05) is 25.7 Å². The Kier molecular flexibility index (Phi) is 52.7. The van der Waals surface area contributed by atoms with Crippen LogP contribution in [-0.2, 0) is 65.4 Å². The molecule has 3 N–H and O–H groups in total. The highest BCUT2D eigenvalue weighted by Crippen LogP contribution is 2.45. The number of unbranched alkanes of at least 4 members (excludes halogenated alkanes) is 32. The van der Waals surface area contributed by atoms with Gasteiger partial charge in [-0.05, 0) is 31.6 Å². The number of carbonyl (C=O) groups is 4. The lowest BCUT2D eigenvalue weighted by Crippen LogP contribution is -2.30. The van der Waals surface area contributed by atoms with Gasteiger partial charge in [-0.25, -0.2) is 9.13 Å². The zero-order valence-electron chi connectivity index (χ0n) is 50.5. The van der Waals surface area contributed by atoms with E-state index in [4.69, 9.17) is 37.0 Å². The standard InChI is InChI=1S/C60H116O17P2/c1-6-9-12-15-17-18-19-20-21-22-23-26-31-36-41-46-60(65)77-56(50-71-58(63)44-39-34-30-27-24-25-29-33-37-42-53(4)5)52-75-79(68,69)73-48-54(61)47-72-78(66,67)74-51-55(49-70-57(62)43-38-32-14-11-8-3)76-59(64)45-40-35-28-16-13-10-7-2/h53-56,61H,6-52H2,1-5H3,(H,66,67)(H,68,69)/t54-,55+,56+/m0/s1. The van der Waals surface area contributed by atoms with Gasteiger partial charge in [0.2, 0.25) is 0 Å². The molecule has 0 aromatic rings. The first-order valence-corrected chi connectivity index (χ1v) is 34.6. The molecule has 2 unspecified atom stereocenters. The molecule has 0 aromatic carbocycles. The summed E-state index contributed by atoms with van der Waals surface area (Å²) in [4.78, 5) is 71.7. The van der Waals surface area contributed by atoms with Crippen LogP contribution >= 0.6 is 15.6 Å². The van der Waals surface area contributed by atoms with E-state index >= 15 is 0 Å². The third-order valence-electron chi connectivity index (χ3n) is 13.8. The minimum Gasteiger partial charge on any atom is -0.462 e. The topological polar surface area (TPSA) is 237 Å². The van der Waals surface area contributed by atoms with Gasteiger partial charge in [0.15, 0.2) is 12.2 Å². The fourth-order valence-electron chi connectivity index (χ4n) is 8.88. The van der Waals surface area contributed by atoms with Crippen molar-refractivity contribution in [2.75, 3.05) is 39.6 Å². The van der Waals surface area contributed by atoms with Crippen molar-refractivity contribution >= 4 is 39.5 Å². The molecule has 19 heteroatoms. The monoisotopic (exact) mass is 1170 g/mol. The van der Waals surface area contributed by atoms with E-state index < -0.39 is 97.5 Å². The number of ether oxygens (including phenoxy) is 4. The molecule has 17 nitrogen and oxygen atoms in total. The summed E-state index contributed by atoms with van der Waals surface area (Å²) in [6.07, 6.45) is 36.7. The van der Waals surface area contributed by atoms with Gasteiger partial charge < -0.3 is 33.8 Å². The van der Waals surface area contributed by atoms with Gasteiger partial charge in [0.05, 0.1) is 26.4 Å². The number of hydrogen-bond donors (Lipinski definition) is 3. The van der Waals surface area contributed by atoms with Crippen LogP contribution in [0.25, 0.3) is 0 Å². The summed E-state index contributed by atoms with van der Waals surface area (Å²) in [7, 11) is -9.86. The minimum atomic E-state index is -4.94. The van der Waals surface area contributed by atoms with Crippen molar-refractivity contribution in [3.8, 4) is 0 Å². The molecule has 0 aliphatic carbocycles. The Morgan fingerprint density at radius 1 is 0.342 bits per heavy atom. The molecule has 0 radical (unpaired) electrons. The van der Waals surface area contributed by atoms with Crippen molar-refractivity contribution in [1.82, 2.24) is 0 Å². The van der Waals surface area contributed by atoms with E-state index in [1.807, 2.05) is 0 Å². The molecule has 0 saturated carbocycles. The van der Waals surface area contributed by atoms with Crippen molar-refractivity contribution in [3.05, 3.63) is 0 Å². The zero-order chi connectivity index (χ0) is 58.5. The SMILES string of the molecule is CCCCCCCCCCCCCCCCCC(=O)O[C@H](COC(=O)CCCCCCCCCCCC(C)C)COP(=O)(O)OC[C@@H](O)COP(=O)(O)OC[C@@H](COC(=O)CCCCCCC)OC(=O)CCCCCCCCC. The first-order chi connectivity index (χ1) is 38.0. The smallest absolute Gasteiger partial charge is 0.462 e. The highest BCUT2D eigenvalue weighted by molar-refractivity contribution is 7.47. The average molecular weight is 1170 g/mol. The summed E-state index contributed by atoms with van der Waals surface area (Å²) in [6.45, 7) is 7.02. The van der Waals surface area contributed by atoms with Crippen molar-refractivity contribution in [3.63, 3.8) is 0 Å². The summed E-state index contributed by atoms with van der Waals surface area (Å²) in [5.41, 5.74) is 0. The van der Waals surface area contributed by atoms with E-state index in [1.54, 1.807) is 0 Å². The third-order valence-corrected chi connectivity index (χ3v) is 15.7. The molecule has 0 bridgehead atoms. The molecule has 0 aliphatic heterocycles. The first-order valence-electron chi connectivity index (χ1n) is 31.6. The van der Waals surface area contributed by atoms with E-state index in [2.05, 4.69) is 34.6 Å². The lowest BCUT2D eigenvalue weighted by Gasteiger charge is -2.21. The predicted octanol–water partition coefficient (Wildman–Crippen LogP) is 16.2. The normalized spacial score (nSPS) is 14.3. The number of phosphoric acid groups is 2. The van der Waals surface area contributed by atoms with Gasteiger partial charge in [-0.1, -0.05) is 247 Å². The molecular weight excluding hydrogens is 1050 g/mol. The minimum absolute atomic E-state index is 0.103. The van der Waals surface area contributed by atoms with E-state index in [0.717, 1.165) is 115 Å². The summed E-state index contributed by atoms with van der Waals surface area (Å²) in [6, 6.07) is 0. The van der Waals surface area contributed by atoms with Crippen LogP contribution < -0.4 is 0 Å². The van der Waals surface area contributed by atoms with Gasteiger partial charge in [-0.2, -0.15) is 0 Å². The van der Waals surface area contributed by atoms with E-state index in [-0.39, 0.29) is 25.7 Å². The van der Waals surface area contributed by atoms with Crippen molar-refractivity contribution in [2.24, 2.45) is 5.92 Å². The summed E-state index contributed by atoms with van der Waals surface area (Å²) < 4.78 is 67.5. The lowest BCUT2D eigenvalue weighted by molar-refractivity contribution is -0.161. The Morgan fingerprint density at radius 2 is 0.582 bits per heavy atom. The second kappa shape index (κ2) is 54.0. The van der Waals surface area contributed by atoms with Crippen molar-refractivity contribution in [2.45, 2.75) is 316 Å². The largest absolute Gasteiger partial charge is 0.472 e. The van der Waals surface area contributed by atoms with Crippen LogP contribution in [0, 0.1) is 5.92 Å². The van der Waals surface area contributed by atoms with Gasteiger partial charge in [0.1, 0.15) is 19.3 Å². The predicted molar refractivity (Wildman–Crippen MR) is 312 cm³/mol. The van der Waals surface area contributed by atoms with Crippen LogP contribution in [0.3, 0.4) is 0 Å². The quantitative estimate of drug-likeness (QED) is 0.0222. The molecule has 0 aliphatic rings. The van der Waals surface area contributed by atoms with Crippen LogP contribution in [-0.4, -0.2) is 96.7 Å². The fourth-order valence-corrected chi connectivity index (χ4v) is 10.5. The molecule has 0 aromatic heterocycles. The molecule has 5 atom stereocenters. The average Bonchev–Trinajstić information content (AvgIpc) is 3.41. The number of rotatable bonds is 60. The van der Waals surface area contributed by atoms with Gasteiger partial charge in [-0.3, -0.25) is 37.3 Å². The van der Waals surface area contributed by atoms with Crippen molar-refractivity contribution in [1.29, 1.82) is 0 Å². The Bertz CT molecular complexity index is 1550. The maximum Gasteiger partial charge on any atom is 0.472 e. The summed E-state index contributed by atoms with van der Waals surface area (Å²) >= 11 is 0. The molecular formula is C60H116O17P2. The Labute approximate surface area is 479 Å². The maximum atomic E-state index is 12.9. The van der Waals surface area contributed by atoms with E-state index in [1.165, 1.54) is 103 Å². The lowest BCUT2D eigenvalue weighted by atomic mass is 10.0. The Hall–Kier alpha value is -1.94. The highest BCUT2D eigenvalue weighted by atomic mass is 31.2. The first kappa shape index (κ1) is 77.1. The molecule has 468 valence electrons. The summed E-state index contributed by atoms with van der Waals surface area (Å²) in [5.74, 6) is -1.41.